The standard InChI is InChI=1S/C50H34N4O2/c1-31-29-51-25-23-37(31)35-19-21-41-42-22-20-36(38-24-26-52-30-32(38)2)28-46(42)53(45(41)27-35)44-18-10-17-43-47(44)50(56)54(49(43)55)48-39(33-11-5-3-6-12-33)15-9-16-40(48)34-13-7-4-8-14-34/h3-30H,1-2H3. The van der Waals surface area contributed by atoms with Gasteiger partial charge >= 0.3 is 0 Å². The second-order valence-corrected chi connectivity index (χ2v) is 14.3. The molecule has 3 aromatic heterocycles. The molecule has 266 valence electrons. The number of carbonyl (C=O) groups is 2. The molecule has 1 aliphatic rings. The molecular formula is C50H34N4O2. The van der Waals surface area contributed by atoms with Gasteiger partial charge in [0.2, 0.25) is 0 Å². The Labute approximate surface area is 324 Å². The van der Waals surface area contributed by atoms with Crippen LogP contribution in [-0.2, 0) is 0 Å². The fraction of sp³-hybridized carbons (Fsp3) is 0.0400. The Balaban J connectivity index is 1.24. The molecule has 0 atom stereocenters. The van der Waals surface area contributed by atoms with Crippen molar-refractivity contribution in [2.75, 3.05) is 4.90 Å². The van der Waals surface area contributed by atoms with E-state index in [1.54, 1.807) is 6.07 Å². The number of pyridine rings is 2. The number of rotatable bonds is 6. The largest absolute Gasteiger partial charge is 0.308 e. The summed E-state index contributed by atoms with van der Waals surface area (Å²) < 4.78 is 2.17. The van der Waals surface area contributed by atoms with Gasteiger partial charge in [-0.15, -0.1) is 0 Å². The Bertz CT molecular complexity index is 2880. The molecule has 0 spiro atoms. The molecule has 0 saturated heterocycles. The third-order valence-electron chi connectivity index (χ3n) is 11.0. The number of benzene rings is 6. The van der Waals surface area contributed by atoms with E-state index in [9.17, 15) is 4.79 Å². The number of hydrogen-bond acceptors (Lipinski definition) is 4. The minimum absolute atomic E-state index is 0.352. The smallest absolute Gasteiger partial charge is 0.268 e. The van der Waals surface area contributed by atoms with E-state index in [0.29, 0.717) is 22.5 Å². The van der Waals surface area contributed by atoms with Crippen LogP contribution < -0.4 is 4.90 Å². The minimum atomic E-state index is -0.363. The van der Waals surface area contributed by atoms with Gasteiger partial charge in [0.15, 0.2) is 0 Å². The summed E-state index contributed by atoms with van der Waals surface area (Å²) in [4.78, 5) is 40.2. The zero-order chi connectivity index (χ0) is 37.9. The molecule has 6 heteroatoms. The van der Waals surface area contributed by atoms with E-state index in [2.05, 4.69) is 64.8 Å². The number of nitrogens with zero attached hydrogens (tertiary/aromatic N) is 4. The quantitative estimate of drug-likeness (QED) is 0.160. The Morgan fingerprint density at radius 1 is 0.446 bits per heavy atom. The molecule has 9 aromatic rings. The molecule has 6 aromatic carbocycles. The van der Waals surface area contributed by atoms with Crippen molar-refractivity contribution in [3.8, 4) is 50.2 Å². The van der Waals surface area contributed by atoms with Gasteiger partial charge in [-0.05, 0) is 94.8 Å². The Morgan fingerprint density at radius 3 is 1.46 bits per heavy atom. The van der Waals surface area contributed by atoms with Crippen LogP contribution in [0.15, 0.2) is 170 Å². The molecule has 1 aliphatic heterocycles. The topological polar surface area (TPSA) is 68.1 Å². The first-order valence-corrected chi connectivity index (χ1v) is 18.6. The lowest BCUT2D eigenvalue weighted by molar-refractivity contribution is 0.0926. The van der Waals surface area contributed by atoms with Crippen molar-refractivity contribution in [3.63, 3.8) is 0 Å². The zero-order valence-electron chi connectivity index (χ0n) is 30.8. The minimum Gasteiger partial charge on any atom is -0.308 e. The number of imide groups is 1. The highest BCUT2D eigenvalue weighted by Crippen LogP contribution is 2.45. The van der Waals surface area contributed by atoms with Crippen LogP contribution in [0.4, 0.5) is 5.69 Å². The van der Waals surface area contributed by atoms with Crippen LogP contribution in [0.2, 0.25) is 0 Å². The van der Waals surface area contributed by atoms with Gasteiger partial charge in [0.05, 0.1) is 33.5 Å². The van der Waals surface area contributed by atoms with E-state index in [1.807, 2.05) is 128 Å². The fourth-order valence-electron chi connectivity index (χ4n) is 8.35. The third kappa shape index (κ3) is 5.18. The van der Waals surface area contributed by atoms with Crippen LogP contribution in [0.25, 0.3) is 72.0 Å². The molecule has 0 N–H and O–H groups in total. The van der Waals surface area contributed by atoms with Crippen LogP contribution >= 0.6 is 0 Å². The van der Waals surface area contributed by atoms with Crippen LogP contribution in [-0.4, -0.2) is 26.3 Å². The number of hydrogen-bond donors (Lipinski definition) is 0. The van der Waals surface area contributed by atoms with E-state index in [4.69, 9.17) is 0 Å². The van der Waals surface area contributed by atoms with Crippen molar-refractivity contribution < 1.29 is 9.59 Å². The molecule has 0 saturated carbocycles. The van der Waals surface area contributed by atoms with Gasteiger partial charge in [-0.1, -0.05) is 109 Å². The number of aromatic nitrogens is 3. The molecule has 0 radical (unpaired) electrons. The molecule has 10 rings (SSSR count). The van der Waals surface area contributed by atoms with Crippen LogP contribution in [0, 0.1) is 13.8 Å². The maximum Gasteiger partial charge on any atom is 0.268 e. The van der Waals surface area contributed by atoms with E-state index in [-0.39, 0.29) is 11.8 Å². The number of anilines is 1. The molecular weight excluding hydrogens is 689 g/mol. The highest BCUT2D eigenvalue weighted by molar-refractivity contribution is 6.37. The number of para-hydroxylation sites is 1. The van der Waals surface area contributed by atoms with Crippen molar-refractivity contribution in [2.24, 2.45) is 0 Å². The summed E-state index contributed by atoms with van der Waals surface area (Å²) in [6.07, 6.45) is 7.37. The predicted octanol–water partition coefficient (Wildman–Crippen LogP) is 11.7. The van der Waals surface area contributed by atoms with Gasteiger partial charge in [-0.25, -0.2) is 4.90 Å². The first kappa shape index (κ1) is 33.2. The van der Waals surface area contributed by atoms with E-state index < -0.39 is 0 Å². The van der Waals surface area contributed by atoms with Gasteiger partial charge in [0.25, 0.3) is 11.8 Å². The van der Waals surface area contributed by atoms with Crippen LogP contribution in [0.3, 0.4) is 0 Å². The monoisotopic (exact) mass is 722 g/mol. The van der Waals surface area contributed by atoms with Crippen LogP contribution in [0.1, 0.15) is 31.8 Å². The molecule has 0 aliphatic carbocycles. The maximum absolute atomic E-state index is 15.3. The molecule has 0 fully saturated rings. The molecule has 56 heavy (non-hydrogen) atoms. The maximum atomic E-state index is 15.3. The predicted molar refractivity (Wildman–Crippen MR) is 225 cm³/mol. The van der Waals surface area contributed by atoms with Gasteiger partial charge < -0.3 is 4.57 Å². The second kappa shape index (κ2) is 13.1. The van der Waals surface area contributed by atoms with Crippen molar-refractivity contribution in [3.05, 3.63) is 193 Å². The summed E-state index contributed by atoms with van der Waals surface area (Å²) in [6, 6.07) is 48.5. The lowest BCUT2D eigenvalue weighted by Gasteiger charge is -2.23. The zero-order valence-corrected chi connectivity index (χ0v) is 30.8. The average molecular weight is 723 g/mol. The van der Waals surface area contributed by atoms with Gasteiger partial charge in [-0.2, -0.15) is 0 Å². The van der Waals surface area contributed by atoms with E-state index >= 15 is 4.79 Å². The summed E-state index contributed by atoms with van der Waals surface area (Å²) in [7, 11) is 0. The van der Waals surface area contributed by atoms with Crippen LogP contribution in [0.5, 0.6) is 0 Å². The fourth-order valence-corrected chi connectivity index (χ4v) is 8.35. The molecule has 0 unspecified atom stereocenters. The number of fused-ring (bicyclic) bond motifs is 4. The van der Waals surface area contributed by atoms with Crippen molar-refractivity contribution in [1.29, 1.82) is 0 Å². The van der Waals surface area contributed by atoms with E-state index in [1.165, 1.54) is 4.90 Å². The molecule has 4 heterocycles. The average Bonchev–Trinajstić information content (AvgIpc) is 3.70. The SMILES string of the molecule is Cc1cnccc1-c1ccc2c3ccc(-c4ccncc4C)cc3n(-c3cccc4c3C(=O)N(c3c(-c5ccccc5)cccc3-c3ccccc3)C4=O)c2c1. The molecule has 6 nitrogen and oxygen atoms in total. The summed E-state index contributed by atoms with van der Waals surface area (Å²) in [5.74, 6) is -0.715. The number of aryl methyl sites for hydroxylation is 2. The first-order chi connectivity index (χ1) is 27.5. The molecule has 0 bridgehead atoms. The lowest BCUT2D eigenvalue weighted by Crippen LogP contribution is -2.30. The lowest BCUT2D eigenvalue weighted by atomic mass is 9.95. The Kier molecular flexibility index (Phi) is 7.78. The highest BCUT2D eigenvalue weighted by Gasteiger charge is 2.41. The normalized spacial score (nSPS) is 12.5. The third-order valence-corrected chi connectivity index (χ3v) is 11.0. The Morgan fingerprint density at radius 2 is 0.946 bits per heavy atom. The van der Waals surface area contributed by atoms with Gasteiger partial charge in [-0.3, -0.25) is 19.6 Å². The molecule has 2 amide bonds. The first-order valence-electron chi connectivity index (χ1n) is 18.6. The summed E-state index contributed by atoms with van der Waals surface area (Å²) in [6.45, 7) is 4.12. The van der Waals surface area contributed by atoms with E-state index in [0.717, 1.165) is 77.4 Å². The Hall–Kier alpha value is -7.44. The summed E-state index contributed by atoms with van der Waals surface area (Å²) in [5.41, 5.74) is 13.6. The highest BCUT2D eigenvalue weighted by atomic mass is 16.2. The summed E-state index contributed by atoms with van der Waals surface area (Å²) in [5, 5.41) is 2.08. The van der Waals surface area contributed by atoms with Crippen molar-refractivity contribution in [1.82, 2.24) is 14.5 Å². The summed E-state index contributed by atoms with van der Waals surface area (Å²) >= 11 is 0. The number of carbonyl (C=O) groups excluding carboxylic acids is 2. The van der Waals surface area contributed by atoms with Gasteiger partial charge in [0.1, 0.15) is 0 Å². The van der Waals surface area contributed by atoms with Crippen molar-refractivity contribution >= 4 is 39.3 Å². The van der Waals surface area contributed by atoms with Crippen molar-refractivity contribution in [2.45, 2.75) is 13.8 Å². The van der Waals surface area contributed by atoms with Gasteiger partial charge in [0, 0.05) is 46.7 Å². The second-order valence-electron chi connectivity index (χ2n) is 14.3. The number of amides is 2.